The van der Waals surface area contributed by atoms with Gasteiger partial charge in [0, 0.05) is 78.9 Å². The van der Waals surface area contributed by atoms with Crippen molar-refractivity contribution in [3.63, 3.8) is 0 Å². The highest BCUT2D eigenvalue weighted by atomic mass is 35.5. The predicted octanol–water partition coefficient (Wildman–Crippen LogP) is 5.51. The van der Waals surface area contributed by atoms with Crippen LogP contribution in [0.25, 0.3) is 39.2 Å². The molecule has 5 heterocycles. The van der Waals surface area contributed by atoms with Gasteiger partial charge in [-0.15, -0.1) is 0 Å². The number of halogens is 2. The number of benzene rings is 2. The number of hydrogen-bond donors (Lipinski definition) is 3. The van der Waals surface area contributed by atoms with Gasteiger partial charge < -0.3 is 20.7 Å². The Morgan fingerprint density at radius 3 is 2.48 bits per heavy atom. The zero-order valence-electron chi connectivity index (χ0n) is 26.2. The van der Waals surface area contributed by atoms with Gasteiger partial charge >= 0.3 is 0 Å². The molecule has 12 heteroatoms. The van der Waals surface area contributed by atoms with Gasteiger partial charge in [-0.05, 0) is 36.6 Å². The smallest absolute Gasteiger partial charge is 0.268 e. The fourth-order valence-electron chi connectivity index (χ4n) is 6.16. The van der Waals surface area contributed by atoms with Crippen molar-refractivity contribution in [2.45, 2.75) is 31.8 Å². The van der Waals surface area contributed by atoms with E-state index in [1.54, 1.807) is 19.5 Å². The molecule has 10 nitrogen and oxygen atoms in total. The molecule has 0 radical (unpaired) electrons. The molecule has 1 atom stereocenters. The van der Waals surface area contributed by atoms with E-state index >= 15 is 0 Å². The zero-order valence-corrected chi connectivity index (χ0v) is 27.7. The molecule has 1 saturated heterocycles. The lowest BCUT2D eigenvalue weighted by atomic mass is 9.97. The van der Waals surface area contributed by atoms with Crippen LogP contribution in [0.4, 0.5) is 0 Å². The lowest BCUT2D eigenvalue weighted by Crippen LogP contribution is -2.35. The molecule has 0 bridgehead atoms. The monoisotopic (exact) mass is 681 g/mol. The topological polar surface area (TPSA) is 122 Å². The molecule has 5 aromatic rings. The Morgan fingerprint density at radius 2 is 1.75 bits per heavy atom. The van der Waals surface area contributed by atoms with E-state index in [0.717, 1.165) is 52.8 Å². The lowest BCUT2D eigenvalue weighted by Gasteiger charge is -2.16. The first-order valence-electron chi connectivity index (χ1n) is 15.8. The van der Waals surface area contributed by atoms with Crippen LogP contribution in [0.3, 0.4) is 0 Å². The van der Waals surface area contributed by atoms with Crippen molar-refractivity contribution in [1.29, 1.82) is 0 Å². The van der Waals surface area contributed by atoms with E-state index < -0.39 is 0 Å². The molecule has 2 aliphatic rings. The third kappa shape index (κ3) is 6.26. The molecule has 2 aromatic carbocycles. The van der Waals surface area contributed by atoms with Crippen molar-refractivity contribution in [3.8, 4) is 39.4 Å². The molecule has 7 rings (SSSR count). The average molecular weight is 683 g/mol. The third-order valence-corrected chi connectivity index (χ3v) is 9.47. The molecule has 244 valence electrons. The molecule has 0 unspecified atom stereocenters. The molecule has 3 aromatic heterocycles. The Balaban J connectivity index is 1.16. The van der Waals surface area contributed by atoms with E-state index in [2.05, 4.69) is 25.9 Å². The Hall–Kier alpha value is -4.77. The van der Waals surface area contributed by atoms with Gasteiger partial charge in [0.15, 0.2) is 0 Å². The maximum atomic E-state index is 13.3. The van der Waals surface area contributed by atoms with Crippen molar-refractivity contribution in [1.82, 2.24) is 30.3 Å². The number of ether oxygens (including phenoxy) is 1. The van der Waals surface area contributed by atoms with Crippen LogP contribution in [0, 0.1) is 0 Å². The van der Waals surface area contributed by atoms with E-state index in [4.69, 9.17) is 32.9 Å². The first kappa shape index (κ1) is 31.8. The van der Waals surface area contributed by atoms with E-state index in [1.807, 2.05) is 60.7 Å². The summed E-state index contributed by atoms with van der Waals surface area (Å²) in [5.74, 6) is 1.18. The molecule has 1 fully saturated rings. The number of aromatic nitrogens is 3. The van der Waals surface area contributed by atoms with E-state index in [-0.39, 0.29) is 17.5 Å². The highest BCUT2D eigenvalue weighted by Gasteiger charge is 2.21. The molecule has 0 aliphatic carbocycles. The van der Waals surface area contributed by atoms with Crippen LogP contribution in [0.15, 0.2) is 82.8 Å². The van der Waals surface area contributed by atoms with Crippen LogP contribution in [-0.2, 0) is 11.3 Å². The Labute approximate surface area is 287 Å². The molecule has 1 amide bonds. The normalized spacial score (nSPS) is 16.0. The number of aliphatic imine (C=N–C) groups is 1. The second kappa shape index (κ2) is 13.8. The number of hydrogen-bond acceptors (Lipinski definition) is 8. The second-order valence-electron chi connectivity index (χ2n) is 11.8. The van der Waals surface area contributed by atoms with Gasteiger partial charge in [-0.25, -0.2) is 9.97 Å². The van der Waals surface area contributed by atoms with Gasteiger partial charge in [-0.1, -0.05) is 65.7 Å². The highest BCUT2D eigenvalue weighted by molar-refractivity contribution is 6.39. The summed E-state index contributed by atoms with van der Waals surface area (Å²) >= 11 is 14.2. The van der Waals surface area contributed by atoms with Gasteiger partial charge in [0.25, 0.3) is 5.56 Å². The number of carbonyl (C=O) groups is 1. The number of nitrogens with one attached hydrogen (secondary N) is 3. The fraction of sp³-hybridized carbons (Fsp3) is 0.250. The van der Waals surface area contributed by atoms with Gasteiger partial charge in [0.1, 0.15) is 17.0 Å². The minimum Gasteiger partial charge on any atom is -0.481 e. The number of methoxy groups -OCH3 is 1. The van der Waals surface area contributed by atoms with Crippen LogP contribution in [0.5, 0.6) is 5.88 Å². The van der Waals surface area contributed by atoms with Gasteiger partial charge in [0.05, 0.1) is 22.8 Å². The summed E-state index contributed by atoms with van der Waals surface area (Å²) in [6.07, 6.45) is 5.63. The first-order chi connectivity index (χ1) is 23.4. The standard InChI is InChI=1S/C36H33Cl2N7O3/c1-48-35-22(18-39-19-23-10-12-31(46)43-23)9-11-29(44-35)27-8-3-7-26(33(27)38)25-6-2-5-24(32(25)37)21-13-16-45-30(17-21)42-20-28(36(45)47)34-40-14-4-15-41-34/h2-3,5-9,11,13,16-17,20,23,39H,4,10,12,14-15,18-19H2,1H3,(H,40,41)(H,43,46)/t23-/m1/s1. The largest absolute Gasteiger partial charge is 0.481 e. The number of fused-ring (bicyclic) bond motifs is 1. The lowest BCUT2D eigenvalue weighted by molar-refractivity contribution is -0.119. The first-order valence-corrected chi connectivity index (χ1v) is 16.6. The van der Waals surface area contributed by atoms with Crippen LogP contribution >= 0.6 is 23.2 Å². The summed E-state index contributed by atoms with van der Waals surface area (Å²) in [4.78, 5) is 38.6. The van der Waals surface area contributed by atoms with Crippen LogP contribution in [0.1, 0.15) is 30.4 Å². The maximum Gasteiger partial charge on any atom is 0.268 e. The quantitative estimate of drug-likeness (QED) is 0.187. The number of pyridine rings is 2. The van der Waals surface area contributed by atoms with Crippen molar-refractivity contribution >= 4 is 40.6 Å². The SMILES string of the molecule is COc1nc(-c2cccc(-c3cccc(-c4ccn5c(=O)c(C6=NCCCN6)cnc5c4)c3Cl)c2Cl)ccc1CNC[C@H]1CCC(=O)N1. The molecule has 3 N–H and O–H groups in total. The number of amides is 1. The summed E-state index contributed by atoms with van der Waals surface area (Å²) in [7, 11) is 1.59. The minimum absolute atomic E-state index is 0.0963. The van der Waals surface area contributed by atoms with Gasteiger partial charge in [-0.2, -0.15) is 0 Å². The maximum absolute atomic E-state index is 13.3. The Bertz CT molecular complexity index is 2130. The highest BCUT2D eigenvalue weighted by Crippen LogP contribution is 2.42. The van der Waals surface area contributed by atoms with Gasteiger partial charge in [-0.3, -0.25) is 19.0 Å². The number of nitrogens with zero attached hydrogens (tertiary/aromatic N) is 4. The van der Waals surface area contributed by atoms with E-state index in [9.17, 15) is 9.59 Å². The molecular weight excluding hydrogens is 649 g/mol. The Morgan fingerprint density at radius 1 is 0.979 bits per heavy atom. The zero-order chi connectivity index (χ0) is 33.2. The minimum atomic E-state index is -0.184. The van der Waals surface area contributed by atoms with E-state index in [0.29, 0.717) is 64.7 Å². The fourth-order valence-corrected chi connectivity index (χ4v) is 6.82. The van der Waals surface area contributed by atoms with Crippen LogP contribution in [-0.4, -0.2) is 58.9 Å². The summed E-state index contributed by atoms with van der Waals surface area (Å²) in [5.41, 5.74) is 6.18. The van der Waals surface area contributed by atoms with Crippen molar-refractivity contribution in [3.05, 3.63) is 105 Å². The van der Waals surface area contributed by atoms with Crippen molar-refractivity contribution in [2.24, 2.45) is 4.99 Å². The molecule has 0 saturated carbocycles. The summed E-state index contributed by atoms with van der Waals surface area (Å²) < 4.78 is 7.16. The molecular formula is C36H33Cl2N7O3. The molecule has 2 aliphatic heterocycles. The molecule has 48 heavy (non-hydrogen) atoms. The van der Waals surface area contributed by atoms with E-state index in [1.165, 1.54) is 4.40 Å². The predicted molar refractivity (Wildman–Crippen MR) is 189 cm³/mol. The second-order valence-corrected chi connectivity index (χ2v) is 12.5. The summed E-state index contributed by atoms with van der Waals surface area (Å²) in [6, 6.07) is 19.3. The Kier molecular flexibility index (Phi) is 9.12. The number of carbonyl (C=O) groups excluding carboxylic acids is 1. The van der Waals surface area contributed by atoms with Crippen molar-refractivity contribution in [2.75, 3.05) is 26.7 Å². The summed E-state index contributed by atoms with van der Waals surface area (Å²) in [5, 5.41) is 10.6. The van der Waals surface area contributed by atoms with Crippen LogP contribution in [0.2, 0.25) is 10.0 Å². The van der Waals surface area contributed by atoms with Crippen molar-refractivity contribution < 1.29 is 9.53 Å². The molecule has 0 spiro atoms. The average Bonchev–Trinajstić information content (AvgIpc) is 3.53. The van der Waals surface area contributed by atoms with Crippen LogP contribution < -0.4 is 26.2 Å². The van der Waals surface area contributed by atoms with Gasteiger partial charge in [0.2, 0.25) is 11.8 Å². The summed E-state index contributed by atoms with van der Waals surface area (Å²) in [6.45, 7) is 2.68. The third-order valence-electron chi connectivity index (χ3n) is 8.66. The number of amidine groups is 1. The number of rotatable bonds is 9.